The molecule has 94 valence electrons. The Morgan fingerprint density at radius 2 is 2.29 bits per heavy atom. The quantitative estimate of drug-likeness (QED) is 0.756. The highest BCUT2D eigenvalue weighted by atomic mass is 35.5. The summed E-state index contributed by atoms with van der Waals surface area (Å²) in [5, 5.41) is 8.78. The van der Waals surface area contributed by atoms with Gasteiger partial charge in [0.2, 0.25) is 0 Å². The first-order chi connectivity index (χ1) is 8.04. The molecular weight excluding hydrogens is 248 g/mol. The summed E-state index contributed by atoms with van der Waals surface area (Å²) in [6, 6.07) is 1.50. The lowest BCUT2D eigenvalue weighted by atomic mass is 10.4. The zero-order valence-electron chi connectivity index (χ0n) is 9.27. The Kier molecular flexibility index (Phi) is 4.99. The fraction of sp³-hybridized carbons (Fsp3) is 0.400. The summed E-state index contributed by atoms with van der Waals surface area (Å²) < 4.78 is 1.68. The van der Waals surface area contributed by atoms with Gasteiger partial charge in [-0.25, -0.2) is 10.3 Å². The number of nitrogens with one attached hydrogen (secondary N) is 1. The lowest BCUT2D eigenvalue weighted by molar-refractivity contribution is -0.144. The van der Waals surface area contributed by atoms with Crippen LogP contribution in [0.4, 0.5) is 0 Å². The van der Waals surface area contributed by atoms with Gasteiger partial charge in [0.25, 0.3) is 5.91 Å². The van der Waals surface area contributed by atoms with E-state index in [1.165, 1.54) is 6.07 Å². The Morgan fingerprint density at radius 3 is 2.88 bits per heavy atom. The molecule has 0 radical (unpaired) electrons. The third kappa shape index (κ3) is 4.08. The molecule has 0 aromatic carbocycles. The first-order valence-electron chi connectivity index (χ1n) is 5.04. The number of carbonyl (C=O) groups is 2. The van der Waals surface area contributed by atoms with Gasteiger partial charge in [0.15, 0.2) is 6.61 Å². The van der Waals surface area contributed by atoms with Crippen LogP contribution in [0.3, 0.4) is 0 Å². The van der Waals surface area contributed by atoms with Crippen LogP contribution >= 0.6 is 11.6 Å². The number of aliphatic carboxylic acids is 1. The first-order valence-corrected chi connectivity index (χ1v) is 5.42. The maximum absolute atomic E-state index is 11.6. The van der Waals surface area contributed by atoms with E-state index in [-0.39, 0.29) is 0 Å². The van der Waals surface area contributed by atoms with Crippen molar-refractivity contribution in [2.75, 3.05) is 6.61 Å². The van der Waals surface area contributed by atoms with Crippen molar-refractivity contribution in [3.63, 3.8) is 0 Å². The predicted molar refractivity (Wildman–Crippen MR) is 60.8 cm³/mol. The minimum atomic E-state index is -1.16. The number of nitrogens with zero attached hydrogens (tertiary/aromatic N) is 1. The second kappa shape index (κ2) is 6.27. The summed E-state index contributed by atoms with van der Waals surface area (Å²) in [5.74, 6) is -1.68. The first kappa shape index (κ1) is 13.5. The summed E-state index contributed by atoms with van der Waals surface area (Å²) in [5.41, 5.74) is 2.38. The number of carboxylic acids is 1. The van der Waals surface area contributed by atoms with E-state index in [0.717, 1.165) is 6.42 Å². The summed E-state index contributed by atoms with van der Waals surface area (Å²) in [4.78, 5) is 26.3. The molecule has 0 saturated carbocycles. The number of aromatic nitrogens is 1. The zero-order chi connectivity index (χ0) is 12.8. The van der Waals surface area contributed by atoms with E-state index in [1.54, 1.807) is 10.8 Å². The van der Waals surface area contributed by atoms with E-state index in [4.69, 9.17) is 16.7 Å². The number of hydrogen-bond donors (Lipinski definition) is 2. The Morgan fingerprint density at radius 1 is 1.59 bits per heavy atom. The fourth-order valence-corrected chi connectivity index (χ4v) is 1.53. The van der Waals surface area contributed by atoms with Crippen molar-refractivity contribution in [1.29, 1.82) is 0 Å². The van der Waals surface area contributed by atoms with Crippen molar-refractivity contribution in [3.8, 4) is 0 Å². The molecule has 1 heterocycles. The van der Waals surface area contributed by atoms with Crippen LogP contribution in [0.5, 0.6) is 0 Å². The molecule has 0 spiro atoms. The predicted octanol–water partition coefficient (Wildman–Crippen LogP) is 1.30. The van der Waals surface area contributed by atoms with Gasteiger partial charge < -0.3 is 9.67 Å². The van der Waals surface area contributed by atoms with Crippen LogP contribution in [0.2, 0.25) is 5.02 Å². The summed E-state index contributed by atoms with van der Waals surface area (Å²) >= 11 is 5.79. The van der Waals surface area contributed by atoms with Crippen LogP contribution in [0, 0.1) is 0 Å². The van der Waals surface area contributed by atoms with Crippen molar-refractivity contribution in [1.82, 2.24) is 10.0 Å². The largest absolute Gasteiger partial charge is 0.479 e. The highest BCUT2D eigenvalue weighted by Crippen LogP contribution is 2.14. The maximum atomic E-state index is 11.6. The van der Waals surface area contributed by atoms with Gasteiger partial charge in [-0.1, -0.05) is 18.5 Å². The number of carboxylic acid groups (broad SMARTS) is 1. The van der Waals surface area contributed by atoms with Gasteiger partial charge in [-0.3, -0.25) is 9.63 Å². The van der Waals surface area contributed by atoms with Gasteiger partial charge in [-0.15, -0.1) is 0 Å². The van der Waals surface area contributed by atoms with Crippen molar-refractivity contribution < 1.29 is 19.5 Å². The molecule has 0 aliphatic rings. The van der Waals surface area contributed by atoms with Crippen molar-refractivity contribution in [2.24, 2.45) is 0 Å². The van der Waals surface area contributed by atoms with Crippen LogP contribution in [-0.2, 0) is 16.2 Å². The third-order valence-corrected chi connectivity index (χ3v) is 2.13. The lowest BCUT2D eigenvalue weighted by Crippen LogP contribution is -2.28. The van der Waals surface area contributed by atoms with Gasteiger partial charge >= 0.3 is 5.97 Å². The van der Waals surface area contributed by atoms with Crippen LogP contribution in [0.15, 0.2) is 12.3 Å². The number of halogens is 1. The smallest absolute Gasteiger partial charge is 0.332 e. The SMILES string of the molecule is CCCn1cc(Cl)cc1C(=O)NOCC(=O)O. The number of hydroxylamine groups is 1. The molecule has 1 aromatic rings. The minimum Gasteiger partial charge on any atom is -0.479 e. The average Bonchev–Trinajstić information content (AvgIpc) is 2.59. The molecule has 7 heteroatoms. The Balaban J connectivity index is 2.64. The van der Waals surface area contributed by atoms with Crippen LogP contribution in [-0.4, -0.2) is 28.2 Å². The van der Waals surface area contributed by atoms with Crippen LogP contribution in [0.1, 0.15) is 23.8 Å². The Labute approximate surface area is 103 Å². The van der Waals surface area contributed by atoms with Gasteiger partial charge in [0.1, 0.15) is 5.69 Å². The van der Waals surface area contributed by atoms with Crippen LogP contribution in [0.25, 0.3) is 0 Å². The number of amides is 1. The summed E-state index contributed by atoms with van der Waals surface area (Å²) in [7, 11) is 0. The van der Waals surface area contributed by atoms with Gasteiger partial charge in [0, 0.05) is 12.7 Å². The van der Waals surface area contributed by atoms with E-state index in [0.29, 0.717) is 17.3 Å². The highest BCUT2D eigenvalue weighted by Gasteiger charge is 2.13. The molecule has 0 atom stereocenters. The average molecular weight is 261 g/mol. The molecule has 17 heavy (non-hydrogen) atoms. The van der Waals surface area contributed by atoms with E-state index in [9.17, 15) is 9.59 Å². The molecule has 0 fully saturated rings. The zero-order valence-corrected chi connectivity index (χ0v) is 10.0. The molecule has 0 unspecified atom stereocenters. The summed E-state index contributed by atoms with van der Waals surface area (Å²) in [6.45, 7) is 2.03. The molecule has 0 bridgehead atoms. The molecule has 0 aliphatic carbocycles. The number of aryl methyl sites for hydroxylation is 1. The Hall–Kier alpha value is -1.53. The minimum absolute atomic E-state index is 0.335. The number of hydrogen-bond acceptors (Lipinski definition) is 3. The molecule has 0 aliphatic heterocycles. The number of carbonyl (C=O) groups excluding carboxylic acids is 1. The Bertz CT molecular complexity index is 416. The topological polar surface area (TPSA) is 80.6 Å². The molecule has 1 amide bonds. The molecule has 1 aromatic heterocycles. The normalized spacial score (nSPS) is 10.2. The standard InChI is InChI=1S/C10H13ClN2O4/c1-2-3-13-5-7(11)4-8(13)10(16)12-17-6-9(14)15/h4-5H,2-3,6H2,1H3,(H,12,16)(H,14,15). The van der Waals surface area contributed by atoms with Crippen molar-refractivity contribution in [3.05, 3.63) is 23.0 Å². The van der Waals surface area contributed by atoms with Gasteiger partial charge in [-0.2, -0.15) is 0 Å². The molecule has 0 saturated heterocycles. The van der Waals surface area contributed by atoms with Crippen molar-refractivity contribution in [2.45, 2.75) is 19.9 Å². The van der Waals surface area contributed by atoms with Crippen LogP contribution < -0.4 is 5.48 Å². The molecular formula is C10H13ClN2O4. The van der Waals surface area contributed by atoms with E-state index >= 15 is 0 Å². The molecule has 2 N–H and O–H groups in total. The summed E-state index contributed by atoms with van der Waals surface area (Å²) in [6.07, 6.45) is 2.48. The van der Waals surface area contributed by atoms with Gasteiger partial charge in [-0.05, 0) is 12.5 Å². The van der Waals surface area contributed by atoms with E-state index in [2.05, 4.69) is 4.84 Å². The highest BCUT2D eigenvalue weighted by molar-refractivity contribution is 6.31. The fourth-order valence-electron chi connectivity index (χ4n) is 1.31. The third-order valence-electron chi connectivity index (χ3n) is 1.92. The monoisotopic (exact) mass is 260 g/mol. The molecule has 6 nitrogen and oxygen atoms in total. The lowest BCUT2D eigenvalue weighted by Gasteiger charge is -2.07. The second-order valence-corrected chi connectivity index (χ2v) is 3.79. The van der Waals surface area contributed by atoms with Gasteiger partial charge in [0.05, 0.1) is 5.02 Å². The second-order valence-electron chi connectivity index (χ2n) is 3.35. The number of rotatable bonds is 6. The van der Waals surface area contributed by atoms with E-state index < -0.39 is 18.5 Å². The maximum Gasteiger partial charge on any atom is 0.332 e. The van der Waals surface area contributed by atoms with Crippen molar-refractivity contribution >= 4 is 23.5 Å². The van der Waals surface area contributed by atoms with E-state index in [1.807, 2.05) is 12.4 Å². The molecule has 1 rings (SSSR count).